The van der Waals surface area contributed by atoms with Crippen LogP contribution in [-0.2, 0) is 6.42 Å². The molecule has 0 amide bonds. The van der Waals surface area contributed by atoms with Crippen LogP contribution in [0.3, 0.4) is 0 Å². The van der Waals surface area contributed by atoms with Crippen molar-refractivity contribution in [2.45, 2.75) is 12.5 Å². The topological polar surface area (TPSA) is 51.0 Å². The van der Waals surface area contributed by atoms with Crippen LogP contribution in [0.15, 0.2) is 71.3 Å². The van der Waals surface area contributed by atoms with Gasteiger partial charge in [-0.15, -0.1) is 0 Å². The van der Waals surface area contributed by atoms with E-state index in [1.807, 2.05) is 18.2 Å². The quantitative estimate of drug-likeness (QED) is 0.512. The van der Waals surface area contributed by atoms with Crippen LogP contribution in [0.5, 0.6) is 0 Å². The van der Waals surface area contributed by atoms with Gasteiger partial charge in [-0.3, -0.25) is 4.98 Å². The van der Waals surface area contributed by atoms with Gasteiger partial charge in [0.1, 0.15) is 11.3 Å². The van der Waals surface area contributed by atoms with Gasteiger partial charge in [0.05, 0.1) is 11.7 Å². The number of aromatic nitrogens is 2. The summed E-state index contributed by atoms with van der Waals surface area (Å²) in [5.41, 5.74) is 3.16. The highest BCUT2D eigenvalue weighted by Gasteiger charge is 2.17. The summed E-state index contributed by atoms with van der Waals surface area (Å²) in [4.78, 5) is 8.87. The highest BCUT2D eigenvalue weighted by atomic mass is 35.5. The molecular weight excluding hydrogens is 353 g/mol. The minimum absolute atomic E-state index is 0.176. The lowest BCUT2D eigenvalue weighted by atomic mass is 10.0. The molecule has 130 valence electrons. The third-order valence-corrected chi connectivity index (χ3v) is 4.28. The summed E-state index contributed by atoms with van der Waals surface area (Å²) < 4.78 is 18.9. The highest BCUT2D eigenvalue weighted by molar-refractivity contribution is 6.31. The third kappa shape index (κ3) is 3.68. The molecule has 0 aliphatic heterocycles. The number of hydrogen-bond donors (Lipinski definition) is 1. The maximum atomic E-state index is 13.2. The number of anilines is 1. The molecule has 0 radical (unpaired) electrons. The van der Waals surface area contributed by atoms with Crippen LogP contribution in [0.1, 0.15) is 17.3 Å². The first kappa shape index (κ1) is 16.5. The number of fused-ring (bicyclic) bond motifs is 1. The molecule has 1 atom stereocenters. The van der Waals surface area contributed by atoms with Crippen molar-refractivity contribution < 1.29 is 8.81 Å². The molecular formula is C20H15ClFN3O. The van der Waals surface area contributed by atoms with Crippen LogP contribution in [-0.4, -0.2) is 9.97 Å². The average molecular weight is 368 g/mol. The van der Waals surface area contributed by atoms with Gasteiger partial charge in [-0.05, 0) is 54.4 Å². The van der Waals surface area contributed by atoms with E-state index in [2.05, 4.69) is 15.3 Å². The fraction of sp³-hybridized carbons (Fsp3) is 0.100. The maximum absolute atomic E-state index is 13.2. The van der Waals surface area contributed by atoms with Crippen molar-refractivity contribution in [1.29, 1.82) is 0 Å². The standard InChI is InChI=1S/C20H15ClFN3O/c21-14-6-9-19-18(12-14)25-20(26-19)24-17(16-3-1-2-10-23-16)11-13-4-7-15(22)8-5-13/h1-10,12,17H,11H2,(H,24,25)/t17-/m1/s1. The van der Waals surface area contributed by atoms with Gasteiger partial charge in [0.25, 0.3) is 6.01 Å². The predicted octanol–water partition coefficient (Wildman–Crippen LogP) is 5.41. The minimum atomic E-state index is -0.257. The zero-order chi connectivity index (χ0) is 17.9. The van der Waals surface area contributed by atoms with Gasteiger partial charge in [-0.2, -0.15) is 4.98 Å². The molecule has 0 fully saturated rings. The number of oxazole rings is 1. The second-order valence-corrected chi connectivity index (χ2v) is 6.35. The van der Waals surface area contributed by atoms with Crippen molar-refractivity contribution in [2.24, 2.45) is 0 Å². The van der Waals surface area contributed by atoms with Crippen molar-refractivity contribution in [1.82, 2.24) is 9.97 Å². The van der Waals surface area contributed by atoms with Gasteiger partial charge in [-0.25, -0.2) is 4.39 Å². The molecule has 4 nitrogen and oxygen atoms in total. The summed E-state index contributed by atoms with van der Waals surface area (Å²) in [5.74, 6) is -0.257. The molecule has 26 heavy (non-hydrogen) atoms. The third-order valence-electron chi connectivity index (χ3n) is 4.05. The lowest BCUT2D eigenvalue weighted by molar-refractivity contribution is 0.591. The van der Waals surface area contributed by atoms with Gasteiger partial charge in [0.2, 0.25) is 0 Å². The lowest BCUT2D eigenvalue weighted by Gasteiger charge is -2.17. The number of nitrogens with one attached hydrogen (secondary N) is 1. The first-order valence-electron chi connectivity index (χ1n) is 8.15. The summed E-state index contributed by atoms with van der Waals surface area (Å²) >= 11 is 6.01. The zero-order valence-corrected chi connectivity index (χ0v) is 14.4. The van der Waals surface area contributed by atoms with E-state index >= 15 is 0 Å². The van der Waals surface area contributed by atoms with Gasteiger partial charge in [-0.1, -0.05) is 29.8 Å². The largest absolute Gasteiger partial charge is 0.424 e. The van der Waals surface area contributed by atoms with E-state index in [0.29, 0.717) is 28.6 Å². The summed E-state index contributed by atoms with van der Waals surface area (Å²) in [6, 6.07) is 17.6. The summed E-state index contributed by atoms with van der Waals surface area (Å²) in [5, 5.41) is 3.89. The smallest absolute Gasteiger partial charge is 0.296 e. The molecule has 0 spiro atoms. The van der Waals surface area contributed by atoms with E-state index in [1.165, 1.54) is 12.1 Å². The molecule has 0 unspecified atom stereocenters. The first-order valence-corrected chi connectivity index (χ1v) is 8.53. The highest BCUT2D eigenvalue weighted by Crippen LogP contribution is 2.26. The fourth-order valence-electron chi connectivity index (χ4n) is 2.78. The molecule has 2 aromatic carbocycles. The Labute approximate surface area is 154 Å². The Hall–Kier alpha value is -2.92. The Morgan fingerprint density at radius 3 is 2.69 bits per heavy atom. The number of rotatable bonds is 5. The maximum Gasteiger partial charge on any atom is 0.296 e. The minimum Gasteiger partial charge on any atom is -0.424 e. The number of halogens is 2. The van der Waals surface area contributed by atoms with Crippen LogP contribution < -0.4 is 5.32 Å². The van der Waals surface area contributed by atoms with Crippen molar-refractivity contribution in [3.05, 3.63) is 89.0 Å². The molecule has 6 heteroatoms. The van der Waals surface area contributed by atoms with E-state index in [0.717, 1.165) is 11.3 Å². The second kappa shape index (κ2) is 7.14. The summed E-state index contributed by atoms with van der Waals surface area (Å²) in [7, 11) is 0. The molecule has 4 rings (SSSR count). The van der Waals surface area contributed by atoms with Crippen LogP contribution in [0.25, 0.3) is 11.1 Å². The van der Waals surface area contributed by atoms with Crippen LogP contribution >= 0.6 is 11.6 Å². The number of nitrogens with zero attached hydrogens (tertiary/aromatic N) is 2. The Bertz CT molecular complexity index is 1020. The van der Waals surface area contributed by atoms with Crippen molar-refractivity contribution >= 4 is 28.7 Å². The van der Waals surface area contributed by atoms with Crippen molar-refractivity contribution in [3.8, 4) is 0 Å². The molecule has 4 aromatic rings. The Morgan fingerprint density at radius 2 is 1.92 bits per heavy atom. The van der Waals surface area contributed by atoms with E-state index < -0.39 is 0 Å². The predicted molar refractivity (Wildman–Crippen MR) is 99.7 cm³/mol. The Kier molecular flexibility index (Phi) is 4.54. The molecule has 1 N–H and O–H groups in total. The van der Waals surface area contributed by atoms with E-state index in [-0.39, 0.29) is 11.9 Å². The first-order chi connectivity index (χ1) is 12.7. The molecule has 0 saturated heterocycles. The van der Waals surface area contributed by atoms with E-state index in [9.17, 15) is 4.39 Å². The van der Waals surface area contributed by atoms with E-state index in [4.69, 9.17) is 16.0 Å². The Balaban J connectivity index is 1.64. The van der Waals surface area contributed by atoms with Crippen molar-refractivity contribution in [2.75, 3.05) is 5.32 Å². The molecule has 2 aromatic heterocycles. The van der Waals surface area contributed by atoms with Crippen LogP contribution in [0.2, 0.25) is 5.02 Å². The van der Waals surface area contributed by atoms with Crippen LogP contribution in [0, 0.1) is 5.82 Å². The normalized spacial score (nSPS) is 12.2. The van der Waals surface area contributed by atoms with Crippen LogP contribution in [0.4, 0.5) is 10.4 Å². The van der Waals surface area contributed by atoms with Gasteiger partial charge in [0, 0.05) is 11.2 Å². The molecule has 0 aliphatic rings. The average Bonchev–Trinajstić information content (AvgIpc) is 3.05. The number of benzene rings is 2. The molecule has 0 bridgehead atoms. The number of hydrogen-bond acceptors (Lipinski definition) is 4. The fourth-order valence-corrected chi connectivity index (χ4v) is 2.95. The monoisotopic (exact) mass is 367 g/mol. The summed E-state index contributed by atoms with van der Waals surface area (Å²) in [6.45, 7) is 0. The lowest BCUT2D eigenvalue weighted by Crippen LogP contribution is -2.15. The number of pyridine rings is 1. The SMILES string of the molecule is Fc1ccc(C[C@@H](Nc2nc3cc(Cl)ccc3o2)c2ccccn2)cc1. The van der Waals surface area contributed by atoms with Gasteiger partial charge >= 0.3 is 0 Å². The van der Waals surface area contributed by atoms with Gasteiger partial charge in [0.15, 0.2) is 5.58 Å². The summed E-state index contributed by atoms with van der Waals surface area (Å²) in [6.07, 6.45) is 2.34. The molecule has 0 aliphatic carbocycles. The van der Waals surface area contributed by atoms with E-state index in [1.54, 1.807) is 36.5 Å². The molecule has 2 heterocycles. The molecule has 0 saturated carbocycles. The Morgan fingerprint density at radius 1 is 1.08 bits per heavy atom. The van der Waals surface area contributed by atoms with Gasteiger partial charge < -0.3 is 9.73 Å². The zero-order valence-electron chi connectivity index (χ0n) is 13.7. The van der Waals surface area contributed by atoms with Crippen molar-refractivity contribution in [3.63, 3.8) is 0 Å². The second-order valence-electron chi connectivity index (χ2n) is 5.91.